The van der Waals surface area contributed by atoms with Gasteiger partial charge >= 0.3 is 0 Å². The topological polar surface area (TPSA) is 81.5 Å². The lowest BCUT2D eigenvalue weighted by Crippen LogP contribution is -2.24. The maximum Gasteiger partial charge on any atom is 0.223 e. The minimum atomic E-state index is -0.00222. The van der Waals surface area contributed by atoms with Crippen molar-refractivity contribution in [2.45, 2.75) is 101 Å². The first-order valence-electron chi connectivity index (χ1n) is 10.4. The van der Waals surface area contributed by atoms with E-state index in [4.69, 9.17) is 4.52 Å². The normalized spacial score (nSPS) is 13.5. The van der Waals surface area contributed by atoms with E-state index in [0.717, 1.165) is 23.8 Å². The van der Waals surface area contributed by atoms with Gasteiger partial charge in [-0.3, -0.25) is 4.68 Å². The Morgan fingerprint density at radius 3 is 1.68 bits per heavy atom. The summed E-state index contributed by atoms with van der Waals surface area (Å²) in [5.74, 6) is 1.40. The molecule has 7 nitrogen and oxygen atoms in total. The van der Waals surface area contributed by atoms with Crippen LogP contribution in [0.5, 0.6) is 0 Å². The maximum absolute atomic E-state index is 4.83. The first-order valence-corrected chi connectivity index (χ1v) is 10.4. The van der Waals surface area contributed by atoms with Crippen LogP contribution in [-0.4, -0.2) is 26.5 Å². The third-order valence-electron chi connectivity index (χ3n) is 4.16. The first kappa shape index (κ1) is 28.7. The standard InChI is InChI=1S/C9H16N2.C7H12N2O.C7H12N2.CH4/c1-7-6-8(2)11(10-7)9(3,4)5;1-5-8-6(9-10-5)7(2,3)4;1-7(2,3)6-4-5-8-9-6;/h6H,1-5H3;1-4H3;4H,5H2,1-3H3;1H4. The molecule has 7 heteroatoms. The molecule has 1 aliphatic heterocycles. The fourth-order valence-corrected chi connectivity index (χ4v) is 2.65. The summed E-state index contributed by atoms with van der Waals surface area (Å²) in [7, 11) is 0. The number of hydrogen-bond acceptors (Lipinski definition) is 6. The molecule has 2 aromatic rings. The smallest absolute Gasteiger partial charge is 0.223 e. The Morgan fingerprint density at radius 2 is 1.48 bits per heavy atom. The molecule has 0 radical (unpaired) electrons. The molecule has 3 rings (SSSR count). The fourth-order valence-electron chi connectivity index (χ4n) is 2.65. The number of rotatable bonds is 0. The molecule has 0 aliphatic carbocycles. The summed E-state index contributed by atoms with van der Waals surface area (Å²) in [6.07, 6.45) is 2.07. The van der Waals surface area contributed by atoms with E-state index in [1.165, 1.54) is 5.69 Å². The maximum atomic E-state index is 4.83. The highest BCUT2D eigenvalue weighted by Crippen LogP contribution is 2.28. The molecule has 0 unspecified atom stereocenters. The average molecular weight is 433 g/mol. The Labute approximate surface area is 189 Å². The zero-order valence-electron chi connectivity index (χ0n) is 21.0. The Morgan fingerprint density at radius 1 is 0.903 bits per heavy atom. The lowest BCUT2D eigenvalue weighted by atomic mass is 9.92. The molecule has 1 aliphatic rings. The van der Waals surface area contributed by atoms with Gasteiger partial charge in [-0.2, -0.15) is 20.3 Å². The van der Waals surface area contributed by atoms with Crippen molar-refractivity contribution in [3.63, 3.8) is 0 Å². The number of azo groups is 1. The van der Waals surface area contributed by atoms with Crippen molar-refractivity contribution in [2.75, 3.05) is 6.54 Å². The molecule has 0 saturated carbocycles. The van der Waals surface area contributed by atoms with Crippen molar-refractivity contribution in [3.05, 3.63) is 40.9 Å². The summed E-state index contributed by atoms with van der Waals surface area (Å²) in [4.78, 5) is 4.10. The molecule has 0 aromatic carbocycles. The van der Waals surface area contributed by atoms with Crippen LogP contribution in [0.2, 0.25) is 0 Å². The Bertz CT molecular complexity index is 867. The minimum Gasteiger partial charge on any atom is -0.340 e. The van der Waals surface area contributed by atoms with E-state index in [1.807, 2.05) is 6.92 Å². The summed E-state index contributed by atoms with van der Waals surface area (Å²) in [6, 6.07) is 2.10. The van der Waals surface area contributed by atoms with E-state index in [1.54, 1.807) is 6.92 Å². The van der Waals surface area contributed by atoms with Crippen LogP contribution in [0.3, 0.4) is 0 Å². The van der Waals surface area contributed by atoms with E-state index < -0.39 is 0 Å². The molecule has 176 valence electrons. The van der Waals surface area contributed by atoms with Gasteiger partial charge in [-0.1, -0.05) is 54.1 Å². The van der Waals surface area contributed by atoms with Gasteiger partial charge in [0.2, 0.25) is 5.89 Å². The third-order valence-corrected chi connectivity index (χ3v) is 4.16. The van der Waals surface area contributed by atoms with Gasteiger partial charge in [0.25, 0.3) is 0 Å². The highest BCUT2D eigenvalue weighted by molar-refractivity contribution is 5.12. The third kappa shape index (κ3) is 9.57. The van der Waals surface area contributed by atoms with Gasteiger partial charge in [0.05, 0.1) is 23.5 Å². The predicted octanol–water partition coefficient (Wildman–Crippen LogP) is 6.95. The predicted molar refractivity (Wildman–Crippen MR) is 128 cm³/mol. The molecule has 0 N–H and O–H groups in total. The number of allylic oxidation sites excluding steroid dienone is 1. The van der Waals surface area contributed by atoms with Crippen LogP contribution >= 0.6 is 0 Å². The van der Waals surface area contributed by atoms with Crippen molar-refractivity contribution >= 4 is 0 Å². The van der Waals surface area contributed by atoms with Gasteiger partial charge in [0.1, 0.15) is 0 Å². The van der Waals surface area contributed by atoms with Crippen molar-refractivity contribution in [2.24, 2.45) is 15.6 Å². The summed E-state index contributed by atoms with van der Waals surface area (Å²) >= 11 is 0. The lowest BCUT2D eigenvalue weighted by Gasteiger charge is -2.21. The number of aromatic nitrogens is 4. The quantitative estimate of drug-likeness (QED) is 0.451. The molecular formula is C24H44N6O. The van der Waals surface area contributed by atoms with Crippen LogP contribution in [0, 0.1) is 26.2 Å². The molecular weight excluding hydrogens is 388 g/mol. The Kier molecular flexibility index (Phi) is 10.0. The molecule has 31 heavy (non-hydrogen) atoms. The van der Waals surface area contributed by atoms with Crippen LogP contribution in [0.15, 0.2) is 32.6 Å². The molecule has 0 bridgehead atoms. The summed E-state index contributed by atoms with van der Waals surface area (Å²) in [5, 5.41) is 16.1. The lowest BCUT2D eigenvalue weighted by molar-refractivity contribution is 0.346. The van der Waals surface area contributed by atoms with Gasteiger partial charge in [-0.15, -0.1) is 0 Å². The second-order valence-electron chi connectivity index (χ2n) is 10.7. The van der Waals surface area contributed by atoms with Crippen LogP contribution < -0.4 is 0 Å². The highest BCUT2D eigenvalue weighted by Gasteiger charge is 2.19. The molecule has 0 amide bonds. The van der Waals surface area contributed by atoms with E-state index in [0.29, 0.717) is 5.89 Å². The SMILES string of the molecule is C.CC(C)(C)C1=CCN=N1.Cc1cc(C)n(C(C)(C)C)n1.Cc1nc(C(C)(C)C)no1. The van der Waals surface area contributed by atoms with Crippen LogP contribution in [-0.2, 0) is 11.0 Å². The van der Waals surface area contributed by atoms with Crippen molar-refractivity contribution in [1.29, 1.82) is 0 Å². The number of aryl methyl sites for hydroxylation is 3. The first-order chi connectivity index (χ1) is 13.5. The van der Waals surface area contributed by atoms with E-state index in [2.05, 4.69) is 112 Å². The molecule has 0 spiro atoms. The zero-order chi connectivity index (χ0) is 23.3. The van der Waals surface area contributed by atoms with E-state index in [-0.39, 0.29) is 23.8 Å². The molecule has 2 aromatic heterocycles. The largest absolute Gasteiger partial charge is 0.340 e. The second kappa shape index (κ2) is 10.8. The van der Waals surface area contributed by atoms with Gasteiger partial charge < -0.3 is 4.52 Å². The van der Waals surface area contributed by atoms with Gasteiger partial charge in [-0.25, -0.2) is 0 Å². The Hall–Kier alpha value is -2.31. The average Bonchev–Trinajstić information content (AvgIpc) is 3.27. The summed E-state index contributed by atoms with van der Waals surface area (Å²) < 4.78 is 6.89. The van der Waals surface area contributed by atoms with Crippen molar-refractivity contribution < 1.29 is 4.52 Å². The van der Waals surface area contributed by atoms with Gasteiger partial charge in [0.15, 0.2) is 5.82 Å². The molecule has 0 atom stereocenters. The van der Waals surface area contributed by atoms with E-state index in [9.17, 15) is 0 Å². The monoisotopic (exact) mass is 432 g/mol. The number of nitrogens with zero attached hydrogens (tertiary/aromatic N) is 6. The van der Waals surface area contributed by atoms with Crippen molar-refractivity contribution in [1.82, 2.24) is 19.9 Å². The summed E-state index contributed by atoms with van der Waals surface area (Å²) in [5.41, 5.74) is 3.73. The van der Waals surface area contributed by atoms with Crippen LogP contribution in [0.25, 0.3) is 0 Å². The second-order valence-corrected chi connectivity index (χ2v) is 10.7. The fraction of sp³-hybridized carbons (Fsp3) is 0.708. The van der Waals surface area contributed by atoms with E-state index >= 15 is 0 Å². The zero-order valence-corrected chi connectivity index (χ0v) is 21.0. The molecule has 3 heterocycles. The molecule has 0 fully saturated rings. The summed E-state index contributed by atoms with van der Waals surface area (Å²) in [6.45, 7) is 25.7. The Balaban J connectivity index is 0.000000431. The minimum absolute atomic E-state index is 0. The van der Waals surface area contributed by atoms with Crippen molar-refractivity contribution in [3.8, 4) is 0 Å². The van der Waals surface area contributed by atoms with Crippen LogP contribution in [0.1, 0.15) is 92.8 Å². The molecule has 0 saturated heterocycles. The van der Waals surface area contributed by atoms with Gasteiger partial charge in [0, 0.05) is 23.4 Å². The van der Waals surface area contributed by atoms with Crippen LogP contribution in [0.4, 0.5) is 0 Å². The number of hydrogen-bond donors (Lipinski definition) is 0. The highest BCUT2D eigenvalue weighted by atomic mass is 16.5. The van der Waals surface area contributed by atoms with Gasteiger partial charge in [-0.05, 0) is 46.8 Å².